The molecular weight excluding hydrogens is 272 g/mol. The van der Waals surface area contributed by atoms with Gasteiger partial charge < -0.3 is 4.74 Å². The number of hydrogen-bond acceptors (Lipinski definition) is 4. The summed E-state index contributed by atoms with van der Waals surface area (Å²) in [5.74, 6) is -0.440. The lowest BCUT2D eigenvalue weighted by atomic mass is 10.1. The first-order valence-corrected chi connectivity index (χ1v) is 7.30. The Kier molecular flexibility index (Phi) is 6.22. The van der Waals surface area contributed by atoms with Crippen LogP contribution in [0.1, 0.15) is 22.8 Å². The van der Waals surface area contributed by atoms with Crippen molar-refractivity contribution < 1.29 is 14.3 Å². The van der Waals surface area contributed by atoms with Crippen LogP contribution in [-0.4, -0.2) is 30.5 Å². The first-order chi connectivity index (χ1) is 8.62. The lowest BCUT2D eigenvalue weighted by molar-refractivity contribution is -0.116. The number of halogens is 1. The van der Waals surface area contributed by atoms with Gasteiger partial charge in [-0.1, -0.05) is 6.07 Å². The van der Waals surface area contributed by atoms with Gasteiger partial charge in [-0.3, -0.25) is 4.79 Å². The lowest BCUT2D eigenvalue weighted by Crippen LogP contribution is -2.09. The summed E-state index contributed by atoms with van der Waals surface area (Å²) in [6.45, 7) is 2.09. The molecule has 0 atom stereocenters. The highest BCUT2D eigenvalue weighted by Gasteiger charge is 2.14. The molecule has 0 bridgehead atoms. The number of esters is 1. The molecule has 1 rings (SSSR count). The quantitative estimate of drug-likeness (QED) is 0.458. The van der Waals surface area contributed by atoms with E-state index in [1.165, 1.54) is 11.8 Å². The Hall–Kier alpha value is -1.000. The number of Topliss-reactive ketones (excluding diaryl/α,β-unsaturated/α-hetero) is 1. The van der Waals surface area contributed by atoms with Crippen LogP contribution in [0, 0.1) is 0 Å². The van der Waals surface area contributed by atoms with E-state index < -0.39 is 0 Å². The molecule has 98 valence electrons. The van der Waals surface area contributed by atoms with E-state index >= 15 is 0 Å². The summed E-state index contributed by atoms with van der Waals surface area (Å²) in [5, 5.41) is 0. The second-order valence-electron chi connectivity index (χ2n) is 3.60. The van der Waals surface area contributed by atoms with Crippen molar-refractivity contribution in [2.75, 3.05) is 18.7 Å². The molecule has 3 nitrogen and oxygen atoms in total. The summed E-state index contributed by atoms with van der Waals surface area (Å²) in [6.07, 6.45) is 2.13. The van der Waals surface area contributed by atoms with Crippen LogP contribution in [0.5, 0.6) is 0 Å². The SMILES string of the molecule is CCOC(=O)c1cc(CC(=O)CCl)ccc1SC. The molecule has 0 fully saturated rings. The molecule has 0 aliphatic carbocycles. The molecule has 0 aromatic heterocycles. The minimum Gasteiger partial charge on any atom is -0.462 e. The Labute approximate surface area is 116 Å². The average Bonchev–Trinajstić information content (AvgIpc) is 2.38. The Bertz CT molecular complexity index is 446. The van der Waals surface area contributed by atoms with Crippen molar-refractivity contribution in [1.29, 1.82) is 0 Å². The molecule has 0 amide bonds. The van der Waals surface area contributed by atoms with Gasteiger partial charge in [0.2, 0.25) is 0 Å². The predicted octanol–water partition coefficient (Wildman–Crippen LogP) is 2.94. The lowest BCUT2D eigenvalue weighted by Gasteiger charge is -2.08. The van der Waals surface area contributed by atoms with Gasteiger partial charge in [0.15, 0.2) is 5.78 Å². The van der Waals surface area contributed by atoms with E-state index in [1.807, 2.05) is 18.4 Å². The van der Waals surface area contributed by atoms with Crippen LogP contribution in [-0.2, 0) is 16.0 Å². The van der Waals surface area contributed by atoms with E-state index in [4.69, 9.17) is 16.3 Å². The largest absolute Gasteiger partial charge is 0.462 e. The Morgan fingerprint density at radius 2 is 2.11 bits per heavy atom. The maximum absolute atomic E-state index is 11.8. The van der Waals surface area contributed by atoms with Gasteiger partial charge in [0.25, 0.3) is 0 Å². The van der Waals surface area contributed by atoms with Crippen LogP contribution < -0.4 is 0 Å². The van der Waals surface area contributed by atoms with Crippen molar-refractivity contribution in [2.45, 2.75) is 18.2 Å². The van der Waals surface area contributed by atoms with Crippen LogP contribution in [0.3, 0.4) is 0 Å². The number of carbonyl (C=O) groups is 2. The maximum atomic E-state index is 11.8. The molecule has 0 spiro atoms. The average molecular weight is 287 g/mol. The fourth-order valence-electron chi connectivity index (χ4n) is 1.51. The standard InChI is InChI=1S/C13H15ClO3S/c1-3-17-13(16)11-7-9(6-10(15)8-14)4-5-12(11)18-2/h4-5,7H,3,6,8H2,1-2H3. The molecule has 0 saturated heterocycles. The van der Waals surface area contributed by atoms with Crippen LogP contribution in [0.2, 0.25) is 0 Å². The third-order valence-corrected chi connectivity index (χ3v) is 3.40. The Morgan fingerprint density at radius 1 is 1.39 bits per heavy atom. The zero-order chi connectivity index (χ0) is 13.5. The van der Waals surface area contributed by atoms with E-state index in [9.17, 15) is 9.59 Å². The van der Waals surface area contributed by atoms with Crippen molar-refractivity contribution in [3.05, 3.63) is 29.3 Å². The Balaban J connectivity index is 3.01. The summed E-state index contributed by atoms with van der Waals surface area (Å²) < 4.78 is 4.99. The summed E-state index contributed by atoms with van der Waals surface area (Å²) in [7, 11) is 0. The zero-order valence-electron chi connectivity index (χ0n) is 10.4. The fraction of sp³-hybridized carbons (Fsp3) is 0.385. The number of benzene rings is 1. The topological polar surface area (TPSA) is 43.4 Å². The molecule has 0 aliphatic heterocycles. The smallest absolute Gasteiger partial charge is 0.339 e. The highest BCUT2D eigenvalue weighted by molar-refractivity contribution is 7.98. The first kappa shape index (κ1) is 15.1. The molecule has 0 saturated carbocycles. The van der Waals surface area contributed by atoms with Gasteiger partial charge in [-0.2, -0.15) is 0 Å². The van der Waals surface area contributed by atoms with Crippen molar-refractivity contribution in [2.24, 2.45) is 0 Å². The van der Waals surface area contributed by atoms with E-state index in [0.29, 0.717) is 12.2 Å². The van der Waals surface area contributed by atoms with Crippen LogP contribution in [0.4, 0.5) is 0 Å². The van der Waals surface area contributed by atoms with Crippen molar-refractivity contribution in [3.63, 3.8) is 0 Å². The predicted molar refractivity (Wildman–Crippen MR) is 73.6 cm³/mol. The zero-order valence-corrected chi connectivity index (χ0v) is 11.9. The normalized spacial score (nSPS) is 10.2. The number of ketones is 1. The summed E-state index contributed by atoms with van der Waals surface area (Å²) >= 11 is 6.94. The van der Waals surface area contributed by atoms with Gasteiger partial charge in [-0.05, 0) is 30.9 Å². The number of alkyl halides is 1. The third-order valence-electron chi connectivity index (χ3n) is 2.31. The monoisotopic (exact) mass is 286 g/mol. The van der Waals surface area contributed by atoms with E-state index in [-0.39, 0.29) is 24.1 Å². The van der Waals surface area contributed by atoms with Crippen LogP contribution in [0.25, 0.3) is 0 Å². The summed E-state index contributed by atoms with van der Waals surface area (Å²) in [6, 6.07) is 5.36. The van der Waals surface area contributed by atoms with Crippen molar-refractivity contribution >= 4 is 35.1 Å². The highest BCUT2D eigenvalue weighted by Crippen LogP contribution is 2.23. The number of carbonyl (C=O) groups excluding carboxylic acids is 2. The minimum absolute atomic E-state index is 0.0149. The second kappa shape index (κ2) is 7.44. The van der Waals surface area contributed by atoms with Gasteiger partial charge in [-0.15, -0.1) is 23.4 Å². The summed E-state index contributed by atoms with van der Waals surface area (Å²) in [4.78, 5) is 23.9. The van der Waals surface area contributed by atoms with Gasteiger partial charge in [-0.25, -0.2) is 4.79 Å². The van der Waals surface area contributed by atoms with E-state index in [2.05, 4.69) is 0 Å². The number of hydrogen-bond donors (Lipinski definition) is 0. The van der Waals surface area contributed by atoms with Gasteiger partial charge in [0.05, 0.1) is 18.1 Å². The number of ether oxygens (including phenoxy) is 1. The van der Waals surface area contributed by atoms with Gasteiger partial charge in [0.1, 0.15) is 0 Å². The second-order valence-corrected chi connectivity index (χ2v) is 4.72. The van der Waals surface area contributed by atoms with Crippen LogP contribution in [0.15, 0.2) is 23.1 Å². The van der Waals surface area contributed by atoms with E-state index in [1.54, 1.807) is 13.0 Å². The molecule has 18 heavy (non-hydrogen) atoms. The molecular formula is C13H15ClO3S. The maximum Gasteiger partial charge on any atom is 0.339 e. The molecule has 1 aromatic rings. The minimum atomic E-state index is -0.359. The van der Waals surface area contributed by atoms with Crippen molar-refractivity contribution in [3.8, 4) is 0 Å². The van der Waals surface area contributed by atoms with Gasteiger partial charge >= 0.3 is 5.97 Å². The highest BCUT2D eigenvalue weighted by atomic mass is 35.5. The molecule has 5 heteroatoms. The molecule has 0 heterocycles. The molecule has 0 aliphatic rings. The first-order valence-electron chi connectivity index (χ1n) is 5.54. The number of rotatable bonds is 6. The molecule has 0 N–H and O–H groups in total. The molecule has 1 aromatic carbocycles. The summed E-state index contributed by atoms with van der Waals surface area (Å²) in [5.41, 5.74) is 1.28. The number of thioether (sulfide) groups is 1. The van der Waals surface area contributed by atoms with Crippen molar-refractivity contribution in [1.82, 2.24) is 0 Å². The molecule has 0 unspecified atom stereocenters. The van der Waals surface area contributed by atoms with Crippen LogP contribution >= 0.6 is 23.4 Å². The fourth-order valence-corrected chi connectivity index (χ4v) is 2.17. The van der Waals surface area contributed by atoms with E-state index in [0.717, 1.165) is 10.5 Å². The third kappa shape index (κ3) is 4.03. The Morgan fingerprint density at radius 3 is 2.67 bits per heavy atom. The molecule has 0 radical (unpaired) electrons. The van der Waals surface area contributed by atoms with Gasteiger partial charge in [0, 0.05) is 11.3 Å².